The first kappa shape index (κ1) is 22.7. The minimum absolute atomic E-state index is 0.204. The highest BCUT2D eigenvalue weighted by molar-refractivity contribution is 5.10. The molecular formula is C29H50O2. The summed E-state index contributed by atoms with van der Waals surface area (Å²) in [6.07, 6.45) is 16.9. The van der Waals surface area contributed by atoms with Crippen molar-refractivity contribution in [3.63, 3.8) is 0 Å². The summed E-state index contributed by atoms with van der Waals surface area (Å²) in [6.45, 7) is 14.4. The molecule has 0 amide bonds. The molecule has 178 valence electrons. The minimum Gasteiger partial charge on any atom is -0.348 e. The summed E-state index contributed by atoms with van der Waals surface area (Å²) in [6, 6.07) is 0. The molecule has 5 fully saturated rings. The molecule has 4 aliphatic carbocycles. The number of rotatable bonds is 5. The topological polar surface area (TPSA) is 18.5 Å². The van der Waals surface area contributed by atoms with Crippen LogP contribution in [-0.4, -0.2) is 19.0 Å². The maximum absolute atomic E-state index is 6.16. The van der Waals surface area contributed by atoms with Crippen LogP contribution in [-0.2, 0) is 9.47 Å². The summed E-state index contributed by atoms with van der Waals surface area (Å²) in [5.41, 5.74) is 1.15. The first-order valence-corrected chi connectivity index (χ1v) is 14.1. The van der Waals surface area contributed by atoms with Gasteiger partial charge in [-0.1, -0.05) is 53.9 Å². The maximum Gasteiger partial charge on any atom is 0.168 e. The van der Waals surface area contributed by atoms with Crippen molar-refractivity contribution in [3.05, 3.63) is 0 Å². The van der Waals surface area contributed by atoms with Crippen molar-refractivity contribution in [1.29, 1.82) is 0 Å². The third-order valence-corrected chi connectivity index (χ3v) is 11.7. The van der Waals surface area contributed by atoms with Gasteiger partial charge >= 0.3 is 0 Å². The number of ether oxygens (including phenoxy) is 2. The second-order valence-electron chi connectivity index (χ2n) is 13.5. The lowest BCUT2D eigenvalue weighted by Gasteiger charge is -2.62. The predicted octanol–water partition coefficient (Wildman–Crippen LogP) is 7.85. The van der Waals surface area contributed by atoms with Crippen LogP contribution in [0.25, 0.3) is 0 Å². The van der Waals surface area contributed by atoms with Crippen LogP contribution in [0.15, 0.2) is 0 Å². The monoisotopic (exact) mass is 430 g/mol. The van der Waals surface area contributed by atoms with E-state index in [4.69, 9.17) is 9.47 Å². The van der Waals surface area contributed by atoms with E-state index in [0.717, 1.165) is 61.1 Å². The minimum atomic E-state index is -0.204. The van der Waals surface area contributed by atoms with E-state index in [0.29, 0.717) is 10.8 Å². The Morgan fingerprint density at radius 1 is 0.774 bits per heavy atom. The summed E-state index contributed by atoms with van der Waals surface area (Å²) in [4.78, 5) is 0. The highest BCUT2D eigenvalue weighted by Gasteiger charge is 2.62. The van der Waals surface area contributed by atoms with Gasteiger partial charge < -0.3 is 9.47 Å². The largest absolute Gasteiger partial charge is 0.348 e. The van der Waals surface area contributed by atoms with Crippen molar-refractivity contribution >= 4 is 0 Å². The summed E-state index contributed by atoms with van der Waals surface area (Å²) in [5, 5.41) is 0. The molecule has 8 atom stereocenters. The summed E-state index contributed by atoms with van der Waals surface area (Å²) in [5.74, 6) is 6.32. The van der Waals surface area contributed by atoms with Crippen LogP contribution in [0.2, 0.25) is 0 Å². The third kappa shape index (κ3) is 3.74. The van der Waals surface area contributed by atoms with Gasteiger partial charge in [0.2, 0.25) is 0 Å². The quantitative estimate of drug-likeness (QED) is 0.442. The Morgan fingerprint density at radius 2 is 1.52 bits per heavy atom. The van der Waals surface area contributed by atoms with Crippen LogP contribution in [0.5, 0.6) is 0 Å². The average Bonchev–Trinajstić information content (AvgIpc) is 3.32. The summed E-state index contributed by atoms with van der Waals surface area (Å²) >= 11 is 0. The van der Waals surface area contributed by atoms with Crippen LogP contribution in [0.4, 0.5) is 0 Å². The van der Waals surface area contributed by atoms with E-state index >= 15 is 0 Å². The van der Waals surface area contributed by atoms with Crippen molar-refractivity contribution in [3.8, 4) is 0 Å². The molecule has 1 heterocycles. The van der Waals surface area contributed by atoms with Crippen LogP contribution in [0.3, 0.4) is 0 Å². The number of hydrogen-bond acceptors (Lipinski definition) is 2. The van der Waals surface area contributed by atoms with Gasteiger partial charge in [0.1, 0.15) is 0 Å². The van der Waals surface area contributed by atoms with Crippen molar-refractivity contribution in [1.82, 2.24) is 0 Å². The standard InChI is InChI=1S/C29H50O2/c1-20(2)7-6-8-21(3)24-11-12-25-23-10-9-22-19-29(30-17-18-31-29)16-15-27(22,4)26(23)13-14-28(24,25)5/h20-26H,6-19H2,1-5H3/t21-,22+,23?,24-,25?,26?,27+,28-/m1/s1. The van der Waals surface area contributed by atoms with Crippen LogP contribution in [0.1, 0.15) is 112 Å². The van der Waals surface area contributed by atoms with Crippen LogP contribution in [0, 0.1) is 52.3 Å². The highest BCUT2D eigenvalue weighted by Crippen LogP contribution is 2.69. The molecule has 4 saturated carbocycles. The molecule has 0 N–H and O–H groups in total. The first-order valence-electron chi connectivity index (χ1n) is 14.1. The van der Waals surface area contributed by atoms with Gasteiger partial charge in [0, 0.05) is 12.8 Å². The van der Waals surface area contributed by atoms with E-state index in [2.05, 4.69) is 34.6 Å². The Bertz CT molecular complexity index is 637. The van der Waals surface area contributed by atoms with Crippen molar-refractivity contribution < 1.29 is 9.47 Å². The van der Waals surface area contributed by atoms with E-state index in [9.17, 15) is 0 Å². The van der Waals surface area contributed by atoms with Crippen molar-refractivity contribution in [2.45, 2.75) is 117 Å². The maximum atomic E-state index is 6.16. The molecule has 0 aromatic carbocycles. The zero-order chi connectivity index (χ0) is 21.9. The second kappa shape index (κ2) is 8.30. The molecule has 0 radical (unpaired) electrons. The molecular weight excluding hydrogens is 380 g/mol. The molecule has 2 heteroatoms. The van der Waals surface area contributed by atoms with Crippen LogP contribution < -0.4 is 0 Å². The SMILES string of the molecule is CC(C)CCC[C@@H](C)[C@H]1CCC2C3CC[C@H]4CC5(CC[C@]4(C)C3CC[C@@]21C)OCCO5. The molecule has 5 aliphatic rings. The summed E-state index contributed by atoms with van der Waals surface area (Å²) < 4.78 is 12.3. The third-order valence-electron chi connectivity index (χ3n) is 11.7. The number of fused-ring (bicyclic) bond motifs is 5. The molecule has 0 aromatic rings. The summed E-state index contributed by atoms with van der Waals surface area (Å²) in [7, 11) is 0. The van der Waals surface area contributed by atoms with E-state index in [-0.39, 0.29) is 5.79 Å². The van der Waals surface area contributed by atoms with Gasteiger partial charge in [-0.05, 0) is 97.2 Å². The van der Waals surface area contributed by atoms with E-state index in [1.54, 1.807) is 0 Å². The molecule has 5 rings (SSSR count). The Hall–Kier alpha value is -0.0800. The van der Waals surface area contributed by atoms with Gasteiger partial charge in [0.05, 0.1) is 13.2 Å². The van der Waals surface area contributed by atoms with Gasteiger partial charge in [-0.15, -0.1) is 0 Å². The molecule has 31 heavy (non-hydrogen) atoms. The predicted molar refractivity (Wildman–Crippen MR) is 128 cm³/mol. The van der Waals surface area contributed by atoms with Gasteiger partial charge in [0.25, 0.3) is 0 Å². The first-order chi connectivity index (χ1) is 14.8. The van der Waals surface area contributed by atoms with Gasteiger partial charge in [0.15, 0.2) is 5.79 Å². The lowest BCUT2D eigenvalue weighted by molar-refractivity contribution is -0.229. The highest BCUT2D eigenvalue weighted by atomic mass is 16.7. The molecule has 0 aromatic heterocycles. The zero-order valence-corrected chi connectivity index (χ0v) is 21.3. The molecule has 1 spiro atoms. The lowest BCUT2D eigenvalue weighted by Crippen LogP contribution is -2.56. The van der Waals surface area contributed by atoms with Gasteiger partial charge in [-0.2, -0.15) is 0 Å². The van der Waals surface area contributed by atoms with Crippen molar-refractivity contribution in [2.24, 2.45) is 52.3 Å². The van der Waals surface area contributed by atoms with Gasteiger partial charge in [-0.25, -0.2) is 0 Å². The molecule has 2 nitrogen and oxygen atoms in total. The molecule has 0 bridgehead atoms. The van der Waals surface area contributed by atoms with Crippen LogP contribution >= 0.6 is 0 Å². The van der Waals surface area contributed by atoms with Crippen molar-refractivity contribution in [2.75, 3.05) is 13.2 Å². The fraction of sp³-hybridized carbons (Fsp3) is 1.00. The van der Waals surface area contributed by atoms with Gasteiger partial charge in [-0.3, -0.25) is 0 Å². The average molecular weight is 431 g/mol. The molecule has 1 aliphatic heterocycles. The normalized spacial score (nSPS) is 47.2. The number of hydrogen-bond donors (Lipinski definition) is 0. The zero-order valence-electron chi connectivity index (χ0n) is 21.3. The van der Waals surface area contributed by atoms with E-state index in [1.807, 2.05) is 0 Å². The molecule has 1 saturated heterocycles. The fourth-order valence-electron chi connectivity index (χ4n) is 9.98. The van der Waals surface area contributed by atoms with E-state index in [1.165, 1.54) is 70.6 Å². The second-order valence-corrected chi connectivity index (χ2v) is 13.5. The molecule has 3 unspecified atom stereocenters. The smallest absolute Gasteiger partial charge is 0.168 e. The Labute approximate surface area is 192 Å². The Morgan fingerprint density at radius 3 is 2.26 bits per heavy atom. The van der Waals surface area contributed by atoms with E-state index < -0.39 is 0 Å². The Kier molecular flexibility index (Phi) is 6.08. The Balaban J connectivity index is 1.28. The fourth-order valence-corrected chi connectivity index (χ4v) is 9.98. The lowest BCUT2D eigenvalue weighted by atomic mass is 9.44.